The molecule has 3 aromatic rings. The first kappa shape index (κ1) is 17.0. The van der Waals surface area contributed by atoms with Gasteiger partial charge in [0.2, 0.25) is 0 Å². The van der Waals surface area contributed by atoms with Crippen molar-refractivity contribution >= 4 is 0 Å². The molecule has 0 fully saturated rings. The van der Waals surface area contributed by atoms with Crippen molar-refractivity contribution in [3.63, 3.8) is 0 Å². The van der Waals surface area contributed by atoms with E-state index in [0.29, 0.717) is 12.4 Å². The minimum atomic E-state index is -0.294. The van der Waals surface area contributed by atoms with Gasteiger partial charge in [0.05, 0.1) is 12.4 Å². The minimum absolute atomic E-state index is 0.155. The van der Waals surface area contributed by atoms with E-state index >= 15 is 0 Å². The fourth-order valence-corrected chi connectivity index (χ4v) is 2.62. The average molecular weight is 337 g/mol. The van der Waals surface area contributed by atoms with Gasteiger partial charge in [-0.25, -0.2) is 9.07 Å². The maximum absolute atomic E-state index is 13.1. The number of hydrogen-bond acceptors (Lipinski definition) is 3. The number of nitrogens with zero attached hydrogens (tertiary/aromatic N) is 3. The summed E-state index contributed by atoms with van der Waals surface area (Å²) in [7, 11) is 0. The molecule has 1 heterocycles. The van der Waals surface area contributed by atoms with E-state index in [4.69, 9.17) is 0 Å². The first-order valence-corrected chi connectivity index (χ1v) is 8.26. The molecule has 0 amide bonds. The van der Waals surface area contributed by atoms with Crippen molar-refractivity contribution in [2.24, 2.45) is 0 Å². The molecule has 0 radical (unpaired) electrons. The van der Waals surface area contributed by atoms with E-state index in [9.17, 15) is 9.18 Å². The second-order valence-corrected chi connectivity index (χ2v) is 5.84. The molecule has 25 heavy (non-hydrogen) atoms. The number of benzene rings is 2. The van der Waals surface area contributed by atoms with Crippen LogP contribution < -0.4 is 5.56 Å². The lowest BCUT2D eigenvalue weighted by atomic mass is 10.1. The highest BCUT2D eigenvalue weighted by Crippen LogP contribution is 2.15. The van der Waals surface area contributed by atoms with Crippen LogP contribution in [0.5, 0.6) is 0 Å². The van der Waals surface area contributed by atoms with E-state index in [0.717, 1.165) is 18.7 Å². The van der Waals surface area contributed by atoms with Crippen molar-refractivity contribution < 1.29 is 4.39 Å². The van der Waals surface area contributed by atoms with Gasteiger partial charge in [-0.15, -0.1) is 0 Å². The molecular formula is C20H20FN3O. The van der Waals surface area contributed by atoms with Gasteiger partial charge >= 0.3 is 0 Å². The molecule has 0 unspecified atom stereocenters. The Kier molecular flexibility index (Phi) is 5.36. The highest BCUT2D eigenvalue weighted by Gasteiger charge is 2.09. The molecule has 5 heteroatoms. The summed E-state index contributed by atoms with van der Waals surface area (Å²) in [6, 6.07) is 19.4. The van der Waals surface area contributed by atoms with Gasteiger partial charge in [-0.1, -0.05) is 37.3 Å². The smallest absolute Gasteiger partial charge is 0.268 e. The van der Waals surface area contributed by atoms with Crippen molar-refractivity contribution in [3.05, 3.63) is 88.5 Å². The van der Waals surface area contributed by atoms with Crippen LogP contribution in [0.15, 0.2) is 71.5 Å². The molecule has 0 saturated heterocycles. The Hall–Kier alpha value is -2.79. The normalized spacial score (nSPS) is 11.0. The number of hydrogen-bond donors (Lipinski definition) is 0. The van der Waals surface area contributed by atoms with Gasteiger partial charge in [-0.3, -0.25) is 9.69 Å². The fourth-order valence-electron chi connectivity index (χ4n) is 2.62. The zero-order valence-electron chi connectivity index (χ0n) is 14.1. The molecule has 0 aliphatic carbocycles. The van der Waals surface area contributed by atoms with Gasteiger partial charge in [-0.05, 0) is 42.4 Å². The molecule has 1 aromatic heterocycles. The third-order valence-electron chi connectivity index (χ3n) is 4.04. The van der Waals surface area contributed by atoms with E-state index in [1.54, 1.807) is 18.2 Å². The summed E-state index contributed by atoms with van der Waals surface area (Å²) >= 11 is 0. The van der Waals surface area contributed by atoms with Gasteiger partial charge in [0.25, 0.3) is 5.56 Å². The predicted molar refractivity (Wildman–Crippen MR) is 96.4 cm³/mol. The van der Waals surface area contributed by atoms with Crippen LogP contribution in [0, 0.1) is 5.82 Å². The second kappa shape index (κ2) is 7.85. The molecule has 4 nitrogen and oxygen atoms in total. The zero-order valence-corrected chi connectivity index (χ0v) is 14.1. The third kappa shape index (κ3) is 4.39. The van der Waals surface area contributed by atoms with Crippen LogP contribution in [-0.4, -0.2) is 21.2 Å². The molecule has 0 spiro atoms. The quantitative estimate of drug-likeness (QED) is 0.691. The van der Waals surface area contributed by atoms with Crippen LogP contribution in [0.4, 0.5) is 4.39 Å². The summed E-state index contributed by atoms with van der Waals surface area (Å²) in [5.74, 6) is -0.294. The Morgan fingerprint density at radius 1 is 1.00 bits per heavy atom. The molecule has 0 N–H and O–H groups in total. The standard InChI is InChI=1S/C20H20FN3O/c1-2-23(14-16-6-4-3-5-7-16)15-24-20(25)13-12-19(22-24)17-8-10-18(21)11-9-17/h3-13H,2,14-15H2,1H3. The summed E-state index contributed by atoms with van der Waals surface area (Å²) < 4.78 is 14.5. The summed E-state index contributed by atoms with van der Waals surface area (Å²) in [5.41, 5.74) is 2.46. The lowest BCUT2D eigenvalue weighted by Crippen LogP contribution is -2.33. The topological polar surface area (TPSA) is 38.1 Å². The Morgan fingerprint density at radius 2 is 1.72 bits per heavy atom. The maximum Gasteiger partial charge on any atom is 0.268 e. The molecule has 2 aromatic carbocycles. The molecule has 128 valence electrons. The minimum Gasteiger partial charge on any atom is -0.280 e. The largest absolute Gasteiger partial charge is 0.280 e. The second-order valence-electron chi connectivity index (χ2n) is 5.84. The highest BCUT2D eigenvalue weighted by atomic mass is 19.1. The number of halogens is 1. The number of aromatic nitrogens is 2. The van der Waals surface area contributed by atoms with Gasteiger partial charge in [0, 0.05) is 18.2 Å². The van der Waals surface area contributed by atoms with Gasteiger partial charge in [0.1, 0.15) is 5.82 Å². The summed E-state index contributed by atoms with van der Waals surface area (Å²) in [6.45, 7) is 3.99. The van der Waals surface area contributed by atoms with Crippen LogP contribution in [-0.2, 0) is 13.2 Å². The SMILES string of the molecule is CCN(Cc1ccccc1)Cn1nc(-c2ccc(F)cc2)ccc1=O. The van der Waals surface area contributed by atoms with Crippen LogP contribution in [0.3, 0.4) is 0 Å². The summed E-state index contributed by atoms with van der Waals surface area (Å²) in [6.07, 6.45) is 0. The van der Waals surface area contributed by atoms with Crippen LogP contribution in [0.25, 0.3) is 11.3 Å². The molecule has 0 bridgehead atoms. The van der Waals surface area contributed by atoms with Crippen molar-refractivity contribution in [1.82, 2.24) is 14.7 Å². The van der Waals surface area contributed by atoms with E-state index in [2.05, 4.69) is 29.1 Å². The molecular weight excluding hydrogens is 317 g/mol. The highest BCUT2D eigenvalue weighted by molar-refractivity contribution is 5.57. The lowest BCUT2D eigenvalue weighted by molar-refractivity contribution is 0.204. The summed E-state index contributed by atoms with van der Waals surface area (Å²) in [4.78, 5) is 14.3. The monoisotopic (exact) mass is 337 g/mol. The van der Waals surface area contributed by atoms with Crippen molar-refractivity contribution in [3.8, 4) is 11.3 Å². The van der Waals surface area contributed by atoms with Crippen LogP contribution in [0.1, 0.15) is 12.5 Å². The molecule has 3 rings (SSSR count). The van der Waals surface area contributed by atoms with Gasteiger partial charge < -0.3 is 0 Å². The van der Waals surface area contributed by atoms with Crippen LogP contribution >= 0.6 is 0 Å². The Balaban J connectivity index is 1.82. The maximum atomic E-state index is 13.1. The Labute approximate surface area is 146 Å². The number of rotatable bonds is 6. The molecule has 0 aliphatic heterocycles. The van der Waals surface area contributed by atoms with Crippen LogP contribution in [0.2, 0.25) is 0 Å². The molecule has 0 atom stereocenters. The zero-order chi connectivity index (χ0) is 17.6. The fraction of sp³-hybridized carbons (Fsp3) is 0.200. The van der Waals surface area contributed by atoms with E-state index in [-0.39, 0.29) is 11.4 Å². The average Bonchev–Trinajstić information content (AvgIpc) is 2.64. The van der Waals surface area contributed by atoms with Crippen molar-refractivity contribution in [2.75, 3.05) is 6.54 Å². The summed E-state index contributed by atoms with van der Waals surface area (Å²) in [5, 5.41) is 4.44. The molecule has 0 saturated carbocycles. The molecule has 0 aliphatic rings. The Bertz CT molecular complexity index is 875. The first-order chi connectivity index (χ1) is 12.2. The van der Waals surface area contributed by atoms with Gasteiger partial charge in [-0.2, -0.15) is 5.10 Å². The van der Waals surface area contributed by atoms with Crippen molar-refractivity contribution in [1.29, 1.82) is 0 Å². The third-order valence-corrected chi connectivity index (χ3v) is 4.04. The van der Waals surface area contributed by atoms with E-state index in [1.807, 2.05) is 18.2 Å². The van der Waals surface area contributed by atoms with Crippen molar-refractivity contribution in [2.45, 2.75) is 20.1 Å². The van der Waals surface area contributed by atoms with E-state index < -0.39 is 0 Å². The lowest BCUT2D eigenvalue weighted by Gasteiger charge is -2.21. The predicted octanol–water partition coefficient (Wildman–Crippen LogP) is 3.53. The van der Waals surface area contributed by atoms with E-state index in [1.165, 1.54) is 28.4 Å². The Morgan fingerprint density at radius 3 is 2.40 bits per heavy atom. The first-order valence-electron chi connectivity index (χ1n) is 8.26. The van der Waals surface area contributed by atoms with Gasteiger partial charge in [0.15, 0.2) is 0 Å².